The zero-order chi connectivity index (χ0) is 65.7. The van der Waals surface area contributed by atoms with Crippen molar-refractivity contribution >= 4 is 39.5 Å². The highest BCUT2D eigenvalue weighted by Gasteiger charge is 2.30. The van der Waals surface area contributed by atoms with Gasteiger partial charge in [-0.15, -0.1) is 0 Å². The van der Waals surface area contributed by atoms with Crippen LogP contribution >= 0.6 is 15.6 Å². The van der Waals surface area contributed by atoms with Crippen LogP contribution in [0.3, 0.4) is 0 Å². The molecule has 0 aromatic heterocycles. The maximum atomic E-state index is 13.0. The van der Waals surface area contributed by atoms with E-state index in [1.54, 1.807) is 0 Å². The molecule has 0 aliphatic heterocycles. The molecule has 0 amide bonds. The van der Waals surface area contributed by atoms with E-state index in [0.29, 0.717) is 25.7 Å². The lowest BCUT2D eigenvalue weighted by Crippen LogP contribution is -2.30. The first kappa shape index (κ1) is 87.1. The number of ether oxygens (including phenoxy) is 4. The quantitative estimate of drug-likeness (QED) is 0.0222. The fourth-order valence-electron chi connectivity index (χ4n) is 10.6. The van der Waals surface area contributed by atoms with Crippen LogP contribution in [0.25, 0.3) is 0 Å². The van der Waals surface area contributed by atoms with E-state index in [0.717, 1.165) is 108 Å². The molecule has 0 radical (unpaired) electrons. The van der Waals surface area contributed by atoms with Crippen LogP contribution in [0, 0.1) is 11.8 Å². The molecule has 0 heterocycles. The third kappa shape index (κ3) is 63.2. The maximum Gasteiger partial charge on any atom is 0.472 e. The Labute approximate surface area is 543 Å². The fourth-order valence-corrected chi connectivity index (χ4v) is 12.1. The minimum absolute atomic E-state index is 0.103. The molecule has 19 heteroatoms. The Balaban J connectivity index is 5.22. The van der Waals surface area contributed by atoms with Gasteiger partial charge in [0.2, 0.25) is 0 Å². The maximum absolute atomic E-state index is 13.0. The summed E-state index contributed by atoms with van der Waals surface area (Å²) in [7, 11) is -9.90. The highest BCUT2D eigenvalue weighted by atomic mass is 31.2. The predicted octanol–water partition coefficient (Wildman–Crippen LogP) is 20.0. The Morgan fingerprint density at radius 2 is 0.573 bits per heavy atom. The topological polar surface area (TPSA) is 237 Å². The van der Waals surface area contributed by atoms with Gasteiger partial charge in [-0.2, -0.15) is 0 Å². The summed E-state index contributed by atoms with van der Waals surface area (Å²) in [5.41, 5.74) is 0. The van der Waals surface area contributed by atoms with Crippen LogP contribution in [-0.2, 0) is 65.4 Å². The molecule has 0 rings (SSSR count). The molecule has 3 unspecified atom stereocenters. The first-order chi connectivity index (χ1) is 42.9. The Hall–Kier alpha value is -1.94. The van der Waals surface area contributed by atoms with Gasteiger partial charge in [-0.25, -0.2) is 9.13 Å². The first-order valence-electron chi connectivity index (χ1n) is 36.5. The highest BCUT2D eigenvalue weighted by molar-refractivity contribution is 7.47. The monoisotopic (exact) mass is 1310 g/mol. The van der Waals surface area contributed by atoms with Gasteiger partial charge in [-0.3, -0.25) is 37.3 Å². The van der Waals surface area contributed by atoms with Crippen molar-refractivity contribution in [1.82, 2.24) is 0 Å². The van der Waals surface area contributed by atoms with Gasteiger partial charge in [0.15, 0.2) is 12.2 Å². The lowest BCUT2D eigenvalue weighted by Gasteiger charge is -2.21. The first-order valence-corrected chi connectivity index (χ1v) is 39.5. The van der Waals surface area contributed by atoms with E-state index in [2.05, 4.69) is 41.5 Å². The summed E-state index contributed by atoms with van der Waals surface area (Å²) in [4.78, 5) is 72.4. The van der Waals surface area contributed by atoms with E-state index in [4.69, 9.17) is 37.0 Å². The Kier molecular flexibility index (Phi) is 60.8. The summed E-state index contributed by atoms with van der Waals surface area (Å²) in [5, 5.41) is 10.6. The van der Waals surface area contributed by atoms with Gasteiger partial charge >= 0.3 is 39.5 Å². The van der Waals surface area contributed by atoms with Crippen LogP contribution in [-0.4, -0.2) is 96.7 Å². The van der Waals surface area contributed by atoms with Crippen LogP contribution in [0.2, 0.25) is 0 Å². The molecule has 89 heavy (non-hydrogen) atoms. The summed E-state index contributed by atoms with van der Waals surface area (Å²) in [5.74, 6) is -0.637. The number of rotatable bonds is 69. The molecule has 3 N–H and O–H groups in total. The number of aliphatic hydroxyl groups excluding tert-OH is 1. The van der Waals surface area contributed by atoms with Gasteiger partial charge < -0.3 is 33.8 Å². The Morgan fingerprint density at radius 1 is 0.326 bits per heavy atom. The normalized spacial score (nSPS) is 14.4. The van der Waals surface area contributed by atoms with E-state index in [9.17, 15) is 43.2 Å². The molecule has 0 fully saturated rings. The van der Waals surface area contributed by atoms with Crippen LogP contribution in [0.15, 0.2) is 0 Å². The molecule has 17 nitrogen and oxygen atoms in total. The molecule has 0 bridgehead atoms. The number of aliphatic hydroxyl groups is 1. The number of esters is 4. The summed E-state index contributed by atoms with van der Waals surface area (Å²) >= 11 is 0. The van der Waals surface area contributed by atoms with Crippen molar-refractivity contribution in [3.63, 3.8) is 0 Å². The smallest absolute Gasteiger partial charge is 0.462 e. The summed E-state index contributed by atoms with van der Waals surface area (Å²) in [6.07, 6.45) is 47.3. The molecular weight excluding hydrogens is 1170 g/mol. The summed E-state index contributed by atoms with van der Waals surface area (Å²) in [6.45, 7) is 9.48. The fraction of sp³-hybridized carbons (Fsp3) is 0.943. The zero-order valence-corrected chi connectivity index (χ0v) is 59.5. The third-order valence-corrected chi connectivity index (χ3v) is 18.5. The number of unbranched alkanes of at least 4 members (excludes halogenated alkanes) is 38. The van der Waals surface area contributed by atoms with Gasteiger partial charge in [0.05, 0.1) is 26.4 Å². The second-order valence-corrected chi connectivity index (χ2v) is 28.9. The SMILES string of the molecule is CCCCCCCCCCCCCCCCCCCC(=O)O[C@H](COC(=O)CCCCCCCCCCCCCC(C)C)COP(=O)(O)OC[C@@H](O)COP(=O)(O)OC[C@@H](COC(=O)CCCCCCCCCC)OC(=O)CCCCCCCCC(C)CC. The molecule has 0 aliphatic carbocycles. The molecule has 528 valence electrons. The average Bonchev–Trinajstić information content (AvgIpc) is 3.70. The number of phosphoric acid groups is 2. The summed E-state index contributed by atoms with van der Waals surface area (Å²) in [6, 6.07) is 0. The van der Waals surface area contributed by atoms with Crippen molar-refractivity contribution < 1.29 is 80.2 Å². The van der Waals surface area contributed by atoms with Crippen molar-refractivity contribution in [3.8, 4) is 0 Å². The van der Waals surface area contributed by atoms with Crippen LogP contribution in [0.4, 0.5) is 0 Å². The highest BCUT2D eigenvalue weighted by Crippen LogP contribution is 2.45. The lowest BCUT2D eigenvalue weighted by molar-refractivity contribution is -0.161. The molecule has 0 saturated carbocycles. The molecule has 0 aromatic rings. The molecule has 0 saturated heterocycles. The van der Waals surface area contributed by atoms with Crippen molar-refractivity contribution in [2.24, 2.45) is 11.8 Å². The number of hydrogen-bond acceptors (Lipinski definition) is 15. The van der Waals surface area contributed by atoms with Crippen molar-refractivity contribution in [3.05, 3.63) is 0 Å². The van der Waals surface area contributed by atoms with E-state index in [1.807, 2.05) is 0 Å². The Morgan fingerprint density at radius 3 is 0.854 bits per heavy atom. The van der Waals surface area contributed by atoms with E-state index in [-0.39, 0.29) is 25.7 Å². The molecule has 0 spiro atoms. The molecular formula is C70H136O17P2. The van der Waals surface area contributed by atoms with Gasteiger partial charge in [0, 0.05) is 25.7 Å². The van der Waals surface area contributed by atoms with Crippen molar-refractivity contribution in [2.45, 2.75) is 374 Å². The van der Waals surface area contributed by atoms with Crippen LogP contribution < -0.4 is 0 Å². The van der Waals surface area contributed by atoms with Gasteiger partial charge in [0.25, 0.3) is 0 Å². The minimum Gasteiger partial charge on any atom is -0.462 e. The third-order valence-electron chi connectivity index (χ3n) is 16.6. The average molecular weight is 1310 g/mol. The molecule has 0 aromatic carbocycles. The van der Waals surface area contributed by atoms with E-state index in [1.165, 1.54) is 167 Å². The number of carbonyl (C=O) groups excluding carboxylic acids is 4. The van der Waals surface area contributed by atoms with Crippen molar-refractivity contribution in [2.75, 3.05) is 39.6 Å². The Bertz CT molecular complexity index is 1740. The van der Waals surface area contributed by atoms with E-state index >= 15 is 0 Å². The number of carbonyl (C=O) groups is 4. The standard InChI is InChI=1S/C70H136O17P2/c1-7-10-12-14-16-18-19-20-21-22-23-24-27-31-35-42-48-54-69(74)86-65(58-81-68(73)53-47-41-34-30-28-25-26-29-32-38-44-50-62(4)5)60-84-88(76,77)82-56-64(71)57-83-89(78,79)85-61-66(59-80-67(72)52-46-40-33-17-15-13-11-8-2)87-70(75)55-49-43-37-36-39-45-51-63(6)9-3/h62-66,71H,7-61H2,1-6H3,(H,76,77)(H,78,79)/t63?,64-,65-,66-/m1/s1. The second kappa shape index (κ2) is 62.2. The van der Waals surface area contributed by atoms with Crippen LogP contribution in [0.1, 0.15) is 356 Å². The molecule has 0 aliphatic rings. The largest absolute Gasteiger partial charge is 0.472 e. The van der Waals surface area contributed by atoms with Gasteiger partial charge in [0.1, 0.15) is 19.3 Å². The summed E-state index contributed by atoms with van der Waals surface area (Å²) < 4.78 is 68.2. The predicted molar refractivity (Wildman–Crippen MR) is 358 cm³/mol. The van der Waals surface area contributed by atoms with Gasteiger partial charge in [-0.05, 0) is 37.5 Å². The van der Waals surface area contributed by atoms with E-state index < -0.39 is 97.5 Å². The minimum atomic E-state index is -4.95. The van der Waals surface area contributed by atoms with Crippen molar-refractivity contribution in [1.29, 1.82) is 0 Å². The number of phosphoric ester groups is 2. The molecule has 6 atom stereocenters. The number of hydrogen-bond donors (Lipinski definition) is 3. The van der Waals surface area contributed by atoms with Gasteiger partial charge in [-0.1, -0.05) is 305 Å². The zero-order valence-electron chi connectivity index (χ0n) is 57.7. The lowest BCUT2D eigenvalue weighted by atomic mass is 10.00. The van der Waals surface area contributed by atoms with Crippen LogP contribution in [0.5, 0.6) is 0 Å². The second-order valence-electron chi connectivity index (χ2n) is 26.0.